The standard InChI is InChI=1S/C21H25N3O4/c1-11(2)9-16-19-13(12-5-3-4-6-14(12)22-19)10-17-20(27)23-15(7-8-18(25)26)21(28)24(16)17/h3-6,11,15-17,22H,7-10H2,1-2H3,(H,23,27)(H,25,26)/t15-,16-,17-/m0/s1. The van der Waals surface area contributed by atoms with E-state index in [1.165, 1.54) is 0 Å². The van der Waals surface area contributed by atoms with Crippen LogP contribution in [0.2, 0.25) is 0 Å². The van der Waals surface area contributed by atoms with Crippen molar-refractivity contribution in [1.82, 2.24) is 15.2 Å². The average Bonchev–Trinajstić information content (AvgIpc) is 3.01. The minimum absolute atomic E-state index is 0.108. The van der Waals surface area contributed by atoms with Crippen LogP contribution >= 0.6 is 0 Å². The molecule has 2 amide bonds. The Balaban J connectivity index is 1.77. The molecule has 2 aliphatic heterocycles. The maximum Gasteiger partial charge on any atom is 0.303 e. The summed E-state index contributed by atoms with van der Waals surface area (Å²) < 4.78 is 0. The van der Waals surface area contributed by atoms with Gasteiger partial charge in [-0.1, -0.05) is 32.0 Å². The predicted molar refractivity (Wildman–Crippen MR) is 104 cm³/mol. The fourth-order valence-corrected chi connectivity index (χ4v) is 4.55. The van der Waals surface area contributed by atoms with Gasteiger partial charge in [0.2, 0.25) is 11.8 Å². The number of nitrogens with one attached hydrogen (secondary N) is 2. The van der Waals surface area contributed by atoms with Crippen molar-refractivity contribution >= 4 is 28.7 Å². The number of amides is 2. The van der Waals surface area contributed by atoms with Gasteiger partial charge in [0.05, 0.1) is 6.04 Å². The Morgan fingerprint density at radius 3 is 2.75 bits per heavy atom. The number of piperazine rings is 1. The van der Waals surface area contributed by atoms with Gasteiger partial charge < -0.3 is 20.3 Å². The molecule has 3 N–H and O–H groups in total. The Hall–Kier alpha value is -2.83. The zero-order chi connectivity index (χ0) is 20.0. The Morgan fingerprint density at radius 1 is 1.29 bits per heavy atom. The minimum atomic E-state index is -0.973. The highest BCUT2D eigenvalue weighted by Crippen LogP contribution is 2.41. The van der Waals surface area contributed by atoms with E-state index in [0.29, 0.717) is 12.3 Å². The summed E-state index contributed by atoms with van der Waals surface area (Å²) in [7, 11) is 0. The number of benzene rings is 1. The first-order valence-corrected chi connectivity index (χ1v) is 9.80. The first-order chi connectivity index (χ1) is 13.4. The summed E-state index contributed by atoms with van der Waals surface area (Å²) in [4.78, 5) is 42.2. The zero-order valence-electron chi connectivity index (χ0n) is 16.1. The van der Waals surface area contributed by atoms with Crippen LogP contribution in [0.3, 0.4) is 0 Å². The normalized spacial score (nSPS) is 24.2. The summed E-state index contributed by atoms with van der Waals surface area (Å²) >= 11 is 0. The van der Waals surface area contributed by atoms with Gasteiger partial charge in [-0.3, -0.25) is 14.4 Å². The van der Waals surface area contributed by atoms with Crippen LogP contribution in [-0.4, -0.2) is 44.9 Å². The van der Waals surface area contributed by atoms with Crippen LogP contribution in [0.4, 0.5) is 0 Å². The fourth-order valence-electron chi connectivity index (χ4n) is 4.55. The Kier molecular flexibility index (Phi) is 4.61. The summed E-state index contributed by atoms with van der Waals surface area (Å²) in [5, 5.41) is 12.8. The van der Waals surface area contributed by atoms with Gasteiger partial charge in [0.15, 0.2) is 0 Å². The van der Waals surface area contributed by atoms with E-state index in [2.05, 4.69) is 24.1 Å². The second-order valence-electron chi connectivity index (χ2n) is 8.17. The average molecular weight is 383 g/mol. The third-order valence-corrected chi connectivity index (χ3v) is 5.76. The number of hydrogen-bond acceptors (Lipinski definition) is 3. The van der Waals surface area contributed by atoms with Gasteiger partial charge >= 0.3 is 5.97 Å². The van der Waals surface area contributed by atoms with Gasteiger partial charge in [-0.15, -0.1) is 0 Å². The van der Waals surface area contributed by atoms with Crippen LogP contribution in [0.15, 0.2) is 24.3 Å². The van der Waals surface area contributed by atoms with E-state index in [4.69, 9.17) is 5.11 Å². The van der Waals surface area contributed by atoms with Crippen LogP contribution in [0.1, 0.15) is 50.4 Å². The fraction of sp³-hybridized carbons (Fsp3) is 0.476. The predicted octanol–water partition coefficient (Wildman–Crippen LogP) is 2.37. The second kappa shape index (κ2) is 6.96. The largest absolute Gasteiger partial charge is 0.481 e. The van der Waals surface area contributed by atoms with Crippen molar-refractivity contribution in [2.75, 3.05) is 0 Å². The molecule has 0 unspecified atom stereocenters. The number of carboxylic acids is 1. The molecule has 0 aliphatic carbocycles. The molecule has 7 nitrogen and oxygen atoms in total. The Bertz CT molecular complexity index is 948. The number of fused-ring (bicyclic) bond motifs is 4. The highest BCUT2D eigenvalue weighted by atomic mass is 16.4. The van der Waals surface area contributed by atoms with E-state index in [9.17, 15) is 14.4 Å². The number of rotatable bonds is 5. The lowest BCUT2D eigenvalue weighted by Crippen LogP contribution is -2.65. The molecule has 1 fully saturated rings. The van der Waals surface area contributed by atoms with Gasteiger partial charge in [-0.25, -0.2) is 0 Å². The Morgan fingerprint density at radius 2 is 2.04 bits per heavy atom. The molecule has 28 heavy (non-hydrogen) atoms. The minimum Gasteiger partial charge on any atom is -0.481 e. The van der Waals surface area contributed by atoms with Crippen molar-refractivity contribution in [3.63, 3.8) is 0 Å². The van der Waals surface area contributed by atoms with Crippen LogP contribution in [-0.2, 0) is 20.8 Å². The number of carboxylic acid groups (broad SMARTS) is 1. The third kappa shape index (κ3) is 3.04. The molecule has 0 bridgehead atoms. The molecule has 4 rings (SSSR count). The van der Waals surface area contributed by atoms with Gasteiger partial charge in [0.25, 0.3) is 0 Å². The first-order valence-electron chi connectivity index (χ1n) is 9.80. The van der Waals surface area contributed by atoms with Gasteiger partial charge in [-0.2, -0.15) is 0 Å². The molecule has 0 radical (unpaired) electrons. The molecule has 3 heterocycles. The summed E-state index contributed by atoms with van der Waals surface area (Å²) in [5.74, 6) is -1.02. The monoisotopic (exact) mass is 383 g/mol. The van der Waals surface area contributed by atoms with Gasteiger partial charge in [0.1, 0.15) is 12.1 Å². The molecule has 148 valence electrons. The summed E-state index contributed by atoms with van der Waals surface area (Å²) in [6.45, 7) is 4.20. The van der Waals surface area contributed by atoms with E-state index in [-0.39, 0.29) is 30.7 Å². The van der Waals surface area contributed by atoms with Crippen molar-refractivity contribution in [3.05, 3.63) is 35.5 Å². The van der Waals surface area contributed by atoms with E-state index < -0.39 is 18.1 Å². The van der Waals surface area contributed by atoms with Crippen LogP contribution in [0.5, 0.6) is 0 Å². The number of aliphatic carboxylic acids is 1. The highest BCUT2D eigenvalue weighted by Gasteiger charge is 2.48. The van der Waals surface area contributed by atoms with E-state index in [1.807, 2.05) is 24.3 Å². The first kappa shape index (κ1) is 18.5. The lowest BCUT2D eigenvalue weighted by molar-refractivity contribution is -0.154. The molecule has 1 saturated heterocycles. The van der Waals surface area contributed by atoms with Crippen molar-refractivity contribution in [1.29, 1.82) is 0 Å². The molecule has 1 aromatic carbocycles. The molecular weight excluding hydrogens is 358 g/mol. The van der Waals surface area contributed by atoms with E-state index in [0.717, 1.165) is 28.6 Å². The number of carbonyl (C=O) groups excluding carboxylic acids is 2. The van der Waals surface area contributed by atoms with Gasteiger partial charge in [0, 0.05) is 29.4 Å². The Labute approximate surface area is 163 Å². The number of nitrogens with zero attached hydrogens (tertiary/aromatic N) is 1. The quantitative estimate of drug-likeness (QED) is 0.737. The lowest BCUT2D eigenvalue weighted by Gasteiger charge is -2.46. The smallest absolute Gasteiger partial charge is 0.303 e. The third-order valence-electron chi connectivity index (χ3n) is 5.76. The molecule has 2 aliphatic rings. The lowest BCUT2D eigenvalue weighted by atomic mass is 9.85. The maximum absolute atomic E-state index is 13.2. The van der Waals surface area contributed by atoms with Crippen LogP contribution in [0.25, 0.3) is 10.9 Å². The molecule has 3 atom stereocenters. The van der Waals surface area contributed by atoms with Crippen molar-refractivity contribution in [3.8, 4) is 0 Å². The highest BCUT2D eigenvalue weighted by molar-refractivity contribution is 5.99. The number of aromatic nitrogens is 1. The molecule has 0 spiro atoms. The number of hydrogen-bond donors (Lipinski definition) is 3. The van der Waals surface area contributed by atoms with Crippen molar-refractivity contribution in [2.24, 2.45) is 5.92 Å². The number of para-hydroxylation sites is 1. The van der Waals surface area contributed by atoms with E-state index in [1.54, 1.807) is 4.90 Å². The number of aromatic amines is 1. The number of carbonyl (C=O) groups is 3. The summed E-state index contributed by atoms with van der Waals surface area (Å²) in [6.07, 6.45) is 1.16. The molecule has 7 heteroatoms. The molecular formula is C21H25N3O4. The van der Waals surface area contributed by atoms with Gasteiger partial charge in [-0.05, 0) is 30.4 Å². The molecule has 1 aromatic heterocycles. The summed E-state index contributed by atoms with van der Waals surface area (Å²) in [5.41, 5.74) is 3.12. The number of H-pyrrole nitrogens is 1. The maximum atomic E-state index is 13.2. The van der Waals surface area contributed by atoms with Crippen molar-refractivity contribution < 1.29 is 19.5 Å². The molecule has 2 aromatic rings. The van der Waals surface area contributed by atoms with E-state index >= 15 is 0 Å². The topological polar surface area (TPSA) is 102 Å². The second-order valence-corrected chi connectivity index (χ2v) is 8.17. The molecule has 0 saturated carbocycles. The zero-order valence-corrected chi connectivity index (χ0v) is 16.1. The van der Waals surface area contributed by atoms with Crippen molar-refractivity contribution in [2.45, 2.75) is 57.7 Å². The van der Waals surface area contributed by atoms with Crippen LogP contribution < -0.4 is 5.32 Å². The SMILES string of the molecule is CC(C)C[C@H]1c2[nH]c3ccccc3c2C[C@H]2C(=O)N[C@@H](CCC(=O)O)C(=O)N21. The summed E-state index contributed by atoms with van der Waals surface area (Å²) in [6, 6.07) is 6.46. The van der Waals surface area contributed by atoms with Crippen LogP contribution in [0, 0.1) is 5.92 Å².